The van der Waals surface area contributed by atoms with E-state index in [0.29, 0.717) is 17.5 Å². The Morgan fingerprint density at radius 2 is 1.81 bits per heavy atom. The molecule has 0 bridgehead atoms. The van der Waals surface area contributed by atoms with Gasteiger partial charge >= 0.3 is 0 Å². The monoisotopic (exact) mass is 243 g/mol. The molecular formula is C13H25NOS. The van der Waals surface area contributed by atoms with Crippen molar-refractivity contribution in [3.8, 4) is 0 Å². The summed E-state index contributed by atoms with van der Waals surface area (Å²) < 4.78 is 11.3. The second kappa shape index (κ2) is 5.18. The first kappa shape index (κ1) is 12.6. The van der Waals surface area contributed by atoms with Gasteiger partial charge in [-0.05, 0) is 31.1 Å². The van der Waals surface area contributed by atoms with Crippen LogP contribution in [0.15, 0.2) is 0 Å². The highest BCUT2D eigenvalue weighted by atomic mass is 32.2. The molecule has 1 unspecified atom stereocenters. The highest BCUT2D eigenvalue weighted by Crippen LogP contribution is 2.36. The maximum atomic E-state index is 11.3. The Hall–Kier alpha value is 0.110. The fourth-order valence-electron chi connectivity index (χ4n) is 3.05. The Kier molecular flexibility index (Phi) is 4.06. The smallest absolute Gasteiger partial charge is 0.0249 e. The van der Waals surface area contributed by atoms with Crippen molar-refractivity contribution in [1.82, 2.24) is 5.32 Å². The fourth-order valence-corrected chi connectivity index (χ4v) is 4.35. The summed E-state index contributed by atoms with van der Waals surface area (Å²) in [5.74, 6) is 1.82. The van der Waals surface area contributed by atoms with Gasteiger partial charge in [0.25, 0.3) is 0 Å². The predicted molar refractivity (Wildman–Crippen MR) is 70.1 cm³/mol. The average molecular weight is 243 g/mol. The fraction of sp³-hybridized carbons (Fsp3) is 1.00. The molecule has 1 aliphatic carbocycles. The Morgan fingerprint density at radius 3 is 2.44 bits per heavy atom. The first-order valence-electron chi connectivity index (χ1n) is 6.69. The molecule has 2 rings (SSSR count). The van der Waals surface area contributed by atoms with E-state index < -0.39 is 10.8 Å². The second-order valence-electron chi connectivity index (χ2n) is 6.08. The summed E-state index contributed by atoms with van der Waals surface area (Å²) in [6, 6.07) is 1.30. The maximum Gasteiger partial charge on any atom is 0.0249 e. The Labute approximate surface area is 102 Å². The van der Waals surface area contributed by atoms with E-state index in [1.807, 2.05) is 0 Å². The summed E-state index contributed by atoms with van der Waals surface area (Å²) in [4.78, 5) is 0. The van der Waals surface area contributed by atoms with E-state index in [9.17, 15) is 4.21 Å². The lowest BCUT2D eigenvalue weighted by Gasteiger charge is -2.42. The number of nitrogens with one attached hydrogen (secondary N) is 1. The van der Waals surface area contributed by atoms with Crippen LogP contribution in [-0.4, -0.2) is 27.8 Å². The molecule has 1 saturated heterocycles. The number of hydrogen-bond acceptors (Lipinski definition) is 2. The van der Waals surface area contributed by atoms with E-state index in [1.54, 1.807) is 0 Å². The standard InChI is InChI=1S/C13H25NOS/c1-13(2)8-4-3-5-12(13)14-11-6-9-16(15)10-7-11/h11-12,14H,3-10H2,1-2H3. The van der Waals surface area contributed by atoms with Crippen molar-refractivity contribution in [3.63, 3.8) is 0 Å². The SMILES string of the molecule is CC1(C)CCCCC1NC1CCS(=O)CC1. The van der Waals surface area contributed by atoms with Crippen molar-refractivity contribution >= 4 is 10.8 Å². The van der Waals surface area contributed by atoms with Gasteiger partial charge in [0, 0.05) is 34.4 Å². The van der Waals surface area contributed by atoms with Gasteiger partial charge in [-0.3, -0.25) is 4.21 Å². The van der Waals surface area contributed by atoms with E-state index in [-0.39, 0.29) is 0 Å². The van der Waals surface area contributed by atoms with Crippen molar-refractivity contribution in [2.24, 2.45) is 5.41 Å². The van der Waals surface area contributed by atoms with Crippen molar-refractivity contribution in [2.45, 2.75) is 64.5 Å². The van der Waals surface area contributed by atoms with Gasteiger partial charge in [-0.15, -0.1) is 0 Å². The van der Waals surface area contributed by atoms with Gasteiger partial charge in [0.05, 0.1) is 0 Å². The van der Waals surface area contributed by atoms with Crippen LogP contribution in [0, 0.1) is 5.41 Å². The molecule has 1 atom stereocenters. The van der Waals surface area contributed by atoms with Crippen molar-refractivity contribution in [3.05, 3.63) is 0 Å². The van der Waals surface area contributed by atoms with Crippen molar-refractivity contribution < 1.29 is 4.21 Å². The molecule has 0 amide bonds. The van der Waals surface area contributed by atoms with Gasteiger partial charge in [-0.1, -0.05) is 26.7 Å². The molecule has 0 radical (unpaired) electrons. The first-order chi connectivity index (χ1) is 7.58. The number of rotatable bonds is 2. The molecule has 2 fully saturated rings. The summed E-state index contributed by atoms with van der Waals surface area (Å²) in [6.45, 7) is 4.79. The van der Waals surface area contributed by atoms with Gasteiger partial charge < -0.3 is 5.32 Å². The molecule has 1 aliphatic heterocycles. The molecule has 0 aromatic carbocycles. The van der Waals surface area contributed by atoms with Crippen LogP contribution in [0.4, 0.5) is 0 Å². The lowest BCUT2D eigenvalue weighted by Crippen LogP contribution is -2.50. The molecule has 3 heteroatoms. The Morgan fingerprint density at radius 1 is 1.12 bits per heavy atom. The van der Waals surface area contributed by atoms with E-state index in [4.69, 9.17) is 0 Å². The molecule has 0 aromatic heterocycles. The maximum absolute atomic E-state index is 11.3. The molecule has 1 N–H and O–H groups in total. The molecule has 0 spiro atoms. The lowest BCUT2D eigenvalue weighted by atomic mass is 9.73. The van der Waals surface area contributed by atoms with Gasteiger partial charge in [0.15, 0.2) is 0 Å². The molecule has 2 nitrogen and oxygen atoms in total. The van der Waals surface area contributed by atoms with Gasteiger partial charge in [0.2, 0.25) is 0 Å². The quantitative estimate of drug-likeness (QED) is 0.807. The van der Waals surface area contributed by atoms with E-state index >= 15 is 0 Å². The lowest BCUT2D eigenvalue weighted by molar-refractivity contribution is 0.153. The molecular weight excluding hydrogens is 218 g/mol. The zero-order chi connectivity index (χ0) is 11.6. The van der Waals surface area contributed by atoms with Crippen LogP contribution < -0.4 is 5.32 Å². The number of hydrogen-bond donors (Lipinski definition) is 1. The summed E-state index contributed by atoms with van der Waals surface area (Å²) in [5, 5.41) is 3.83. The minimum Gasteiger partial charge on any atom is -0.311 e. The van der Waals surface area contributed by atoms with Crippen molar-refractivity contribution in [2.75, 3.05) is 11.5 Å². The highest BCUT2D eigenvalue weighted by molar-refractivity contribution is 7.85. The van der Waals surface area contributed by atoms with Gasteiger partial charge in [-0.2, -0.15) is 0 Å². The van der Waals surface area contributed by atoms with Crippen LogP contribution in [0.2, 0.25) is 0 Å². The molecule has 16 heavy (non-hydrogen) atoms. The van der Waals surface area contributed by atoms with Crippen LogP contribution in [-0.2, 0) is 10.8 Å². The highest BCUT2D eigenvalue weighted by Gasteiger charge is 2.33. The molecule has 1 heterocycles. The summed E-state index contributed by atoms with van der Waals surface area (Å²) >= 11 is 0. The molecule has 2 aliphatic rings. The van der Waals surface area contributed by atoms with Crippen LogP contribution in [0.3, 0.4) is 0 Å². The average Bonchev–Trinajstić information content (AvgIpc) is 2.24. The van der Waals surface area contributed by atoms with Crippen molar-refractivity contribution in [1.29, 1.82) is 0 Å². The molecule has 94 valence electrons. The third kappa shape index (κ3) is 3.07. The van der Waals surface area contributed by atoms with Crippen LogP contribution in [0.1, 0.15) is 52.4 Å². The molecule has 1 saturated carbocycles. The Bertz CT molecular complexity index is 255. The van der Waals surface area contributed by atoms with Gasteiger partial charge in [-0.25, -0.2) is 0 Å². The van der Waals surface area contributed by atoms with E-state index in [1.165, 1.54) is 25.7 Å². The van der Waals surface area contributed by atoms with Crippen LogP contribution in [0.25, 0.3) is 0 Å². The summed E-state index contributed by atoms with van der Waals surface area (Å²) in [5.41, 5.74) is 0.453. The van der Waals surface area contributed by atoms with E-state index in [0.717, 1.165) is 24.3 Å². The topological polar surface area (TPSA) is 29.1 Å². The first-order valence-corrected chi connectivity index (χ1v) is 8.18. The molecule has 0 aromatic rings. The van der Waals surface area contributed by atoms with Crippen LogP contribution >= 0.6 is 0 Å². The predicted octanol–water partition coefficient (Wildman–Crippen LogP) is 2.46. The Balaban J connectivity index is 1.86. The minimum atomic E-state index is -0.527. The third-order valence-corrected chi connectivity index (χ3v) is 5.71. The van der Waals surface area contributed by atoms with Gasteiger partial charge in [0.1, 0.15) is 0 Å². The zero-order valence-corrected chi connectivity index (χ0v) is 11.4. The summed E-state index contributed by atoms with van der Waals surface area (Å²) in [6.07, 6.45) is 7.66. The second-order valence-corrected chi connectivity index (χ2v) is 7.77. The largest absolute Gasteiger partial charge is 0.311 e. The normalized spacial score (nSPS) is 39.5. The third-order valence-electron chi connectivity index (χ3n) is 4.33. The van der Waals surface area contributed by atoms with E-state index in [2.05, 4.69) is 19.2 Å². The minimum absolute atomic E-state index is 0.453. The summed E-state index contributed by atoms with van der Waals surface area (Å²) in [7, 11) is -0.527. The van der Waals surface area contributed by atoms with Crippen LogP contribution in [0.5, 0.6) is 0 Å². The zero-order valence-electron chi connectivity index (χ0n) is 10.6.